The van der Waals surface area contributed by atoms with Crippen LogP contribution in [0.3, 0.4) is 0 Å². The summed E-state index contributed by atoms with van der Waals surface area (Å²) in [5.41, 5.74) is 0. The lowest BCUT2D eigenvalue weighted by atomic mass is 9.85. The van der Waals surface area contributed by atoms with Gasteiger partial charge in [-0.2, -0.15) is 0 Å². The van der Waals surface area contributed by atoms with E-state index in [-0.39, 0.29) is 30.3 Å². The molecule has 2 rings (SSSR count). The van der Waals surface area contributed by atoms with Crippen LogP contribution in [0, 0.1) is 17.8 Å². The van der Waals surface area contributed by atoms with E-state index in [0.29, 0.717) is 18.4 Å². The van der Waals surface area contributed by atoms with Gasteiger partial charge >= 0.3 is 0 Å². The van der Waals surface area contributed by atoms with Crippen molar-refractivity contribution in [2.75, 3.05) is 19.6 Å². The average Bonchev–Trinajstić information content (AvgIpc) is 2.34. The summed E-state index contributed by atoms with van der Waals surface area (Å²) < 4.78 is 0. The predicted molar refractivity (Wildman–Crippen MR) is 78.4 cm³/mol. The zero-order chi connectivity index (χ0) is 13.0. The second kappa shape index (κ2) is 8.08. The van der Waals surface area contributed by atoms with Crippen molar-refractivity contribution in [1.29, 1.82) is 0 Å². The molecule has 1 amide bonds. The Hall–Kier alpha value is -0.320. The molecule has 0 bridgehead atoms. The van der Waals surface area contributed by atoms with Gasteiger partial charge in [-0.1, -0.05) is 26.2 Å². The van der Waals surface area contributed by atoms with E-state index in [1.165, 1.54) is 19.3 Å². The maximum Gasteiger partial charge on any atom is 0.223 e. The van der Waals surface area contributed by atoms with Gasteiger partial charge < -0.3 is 15.7 Å². The lowest BCUT2D eigenvalue weighted by Crippen LogP contribution is -2.50. The standard InChI is InChI=1S/C14H26N2O2.ClH/c1-10(12-7-15-8-12)14(18)16-9-13(17)11-5-3-2-4-6-11;/h10-13,15,17H,2-9H2,1H3,(H,16,18);1H. The van der Waals surface area contributed by atoms with Crippen molar-refractivity contribution >= 4 is 18.3 Å². The van der Waals surface area contributed by atoms with Crippen LogP contribution in [0.2, 0.25) is 0 Å². The number of aliphatic hydroxyl groups excluding tert-OH is 1. The molecule has 0 aromatic heterocycles. The number of rotatable bonds is 5. The van der Waals surface area contributed by atoms with Crippen LogP contribution in [0.5, 0.6) is 0 Å². The maximum absolute atomic E-state index is 11.9. The normalized spacial score (nSPS) is 23.9. The smallest absolute Gasteiger partial charge is 0.223 e. The van der Waals surface area contributed by atoms with Crippen molar-refractivity contribution in [1.82, 2.24) is 10.6 Å². The average molecular weight is 291 g/mol. The maximum atomic E-state index is 11.9. The number of hydrogen-bond donors (Lipinski definition) is 3. The minimum Gasteiger partial charge on any atom is -0.391 e. The van der Waals surface area contributed by atoms with E-state index in [1.807, 2.05) is 6.92 Å². The van der Waals surface area contributed by atoms with E-state index in [1.54, 1.807) is 0 Å². The number of nitrogens with one attached hydrogen (secondary N) is 2. The van der Waals surface area contributed by atoms with Crippen LogP contribution in [0.1, 0.15) is 39.0 Å². The third-order valence-corrected chi connectivity index (χ3v) is 4.61. The highest BCUT2D eigenvalue weighted by Gasteiger charge is 2.29. The molecule has 1 saturated heterocycles. The van der Waals surface area contributed by atoms with E-state index in [0.717, 1.165) is 25.9 Å². The van der Waals surface area contributed by atoms with Gasteiger partial charge in [-0.05, 0) is 37.8 Å². The number of carbonyl (C=O) groups excluding carboxylic acids is 1. The molecule has 4 nitrogen and oxygen atoms in total. The summed E-state index contributed by atoms with van der Waals surface area (Å²) >= 11 is 0. The van der Waals surface area contributed by atoms with Crippen LogP contribution in [0.25, 0.3) is 0 Å². The van der Waals surface area contributed by atoms with Crippen LogP contribution in [-0.4, -0.2) is 36.8 Å². The number of carbonyl (C=O) groups is 1. The van der Waals surface area contributed by atoms with Crippen molar-refractivity contribution in [3.05, 3.63) is 0 Å². The Morgan fingerprint density at radius 3 is 2.42 bits per heavy atom. The monoisotopic (exact) mass is 290 g/mol. The Labute approximate surface area is 122 Å². The van der Waals surface area contributed by atoms with Gasteiger partial charge in [0.1, 0.15) is 0 Å². The molecular weight excluding hydrogens is 264 g/mol. The molecule has 5 heteroatoms. The van der Waals surface area contributed by atoms with Crippen LogP contribution in [0.15, 0.2) is 0 Å². The molecule has 2 fully saturated rings. The third-order valence-electron chi connectivity index (χ3n) is 4.61. The molecule has 1 aliphatic heterocycles. The van der Waals surface area contributed by atoms with Gasteiger partial charge in [0.25, 0.3) is 0 Å². The van der Waals surface area contributed by atoms with Crippen molar-refractivity contribution in [3.63, 3.8) is 0 Å². The summed E-state index contributed by atoms with van der Waals surface area (Å²) in [5.74, 6) is 1.01. The van der Waals surface area contributed by atoms with Gasteiger partial charge in [0.2, 0.25) is 5.91 Å². The van der Waals surface area contributed by atoms with Crippen molar-refractivity contribution < 1.29 is 9.90 Å². The highest BCUT2D eigenvalue weighted by atomic mass is 35.5. The minimum atomic E-state index is -0.360. The Bertz CT molecular complexity index is 279. The van der Waals surface area contributed by atoms with Crippen molar-refractivity contribution in [2.24, 2.45) is 17.8 Å². The SMILES string of the molecule is CC(C(=O)NCC(O)C1CCCCC1)C1CNC1.Cl. The van der Waals surface area contributed by atoms with Gasteiger partial charge in [-0.3, -0.25) is 4.79 Å². The summed E-state index contributed by atoms with van der Waals surface area (Å²) in [6.07, 6.45) is 5.60. The molecule has 19 heavy (non-hydrogen) atoms. The van der Waals surface area contributed by atoms with Crippen LogP contribution >= 0.6 is 12.4 Å². The van der Waals surface area contributed by atoms with Gasteiger partial charge in [0.15, 0.2) is 0 Å². The molecule has 2 aliphatic rings. The van der Waals surface area contributed by atoms with Crippen LogP contribution < -0.4 is 10.6 Å². The lowest BCUT2D eigenvalue weighted by Gasteiger charge is -2.32. The minimum absolute atomic E-state index is 0. The Morgan fingerprint density at radius 2 is 1.89 bits per heavy atom. The summed E-state index contributed by atoms with van der Waals surface area (Å²) in [6, 6.07) is 0. The molecule has 112 valence electrons. The fourth-order valence-electron chi connectivity index (χ4n) is 2.93. The van der Waals surface area contributed by atoms with E-state index in [4.69, 9.17) is 0 Å². The zero-order valence-corrected chi connectivity index (χ0v) is 12.5. The molecule has 2 atom stereocenters. The van der Waals surface area contributed by atoms with Gasteiger partial charge in [0.05, 0.1) is 6.10 Å². The van der Waals surface area contributed by atoms with Gasteiger partial charge in [-0.15, -0.1) is 12.4 Å². The van der Waals surface area contributed by atoms with E-state index < -0.39 is 0 Å². The predicted octanol–water partition coefficient (Wildman–Crippen LogP) is 1.32. The van der Waals surface area contributed by atoms with E-state index in [9.17, 15) is 9.90 Å². The highest BCUT2D eigenvalue weighted by Crippen LogP contribution is 2.26. The summed E-state index contributed by atoms with van der Waals surface area (Å²) in [5, 5.41) is 16.2. The fraction of sp³-hybridized carbons (Fsp3) is 0.929. The second-order valence-electron chi connectivity index (χ2n) is 5.92. The first-order chi connectivity index (χ1) is 8.68. The Kier molecular flexibility index (Phi) is 7.11. The summed E-state index contributed by atoms with van der Waals surface area (Å²) in [6.45, 7) is 4.29. The quantitative estimate of drug-likeness (QED) is 0.716. The molecule has 0 aromatic rings. The number of halogens is 1. The molecule has 1 aliphatic carbocycles. The molecule has 0 spiro atoms. The van der Waals surface area contributed by atoms with Crippen LogP contribution in [-0.2, 0) is 4.79 Å². The first-order valence-corrected chi connectivity index (χ1v) is 7.35. The first-order valence-electron chi connectivity index (χ1n) is 7.35. The fourth-order valence-corrected chi connectivity index (χ4v) is 2.93. The van der Waals surface area contributed by atoms with E-state index >= 15 is 0 Å². The molecule has 0 radical (unpaired) electrons. The number of aliphatic hydroxyl groups is 1. The number of hydrogen-bond acceptors (Lipinski definition) is 3. The molecule has 1 heterocycles. The largest absolute Gasteiger partial charge is 0.391 e. The van der Waals surface area contributed by atoms with Crippen LogP contribution in [0.4, 0.5) is 0 Å². The van der Waals surface area contributed by atoms with Crippen molar-refractivity contribution in [3.8, 4) is 0 Å². The zero-order valence-electron chi connectivity index (χ0n) is 11.7. The summed E-state index contributed by atoms with van der Waals surface area (Å²) in [7, 11) is 0. The molecular formula is C14H27ClN2O2. The van der Waals surface area contributed by atoms with E-state index in [2.05, 4.69) is 10.6 Å². The topological polar surface area (TPSA) is 61.4 Å². The van der Waals surface area contributed by atoms with Crippen molar-refractivity contribution in [2.45, 2.75) is 45.1 Å². The second-order valence-corrected chi connectivity index (χ2v) is 5.92. The lowest BCUT2D eigenvalue weighted by molar-refractivity contribution is -0.127. The Balaban J connectivity index is 0.00000180. The summed E-state index contributed by atoms with van der Waals surface area (Å²) in [4.78, 5) is 11.9. The molecule has 3 N–H and O–H groups in total. The third kappa shape index (κ3) is 4.62. The Morgan fingerprint density at radius 1 is 1.26 bits per heavy atom. The molecule has 1 saturated carbocycles. The first kappa shape index (κ1) is 16.7. The number of amides is 1. The van der Waals surface area contributed by atoms with Gasteiger partial charge in [-0.25, -0.2) is 0 Å². The molecule has 0 aromatic carbocycles. The van der Waals surface area contributed by atoms with Gasteiger partial charge in [0, 0.05) is 12.5 Å². The molecule has 2 unspecified atom stereocenters. The highest BCUT2D eigenvalue weighted by molar-refractivity contribution is 5.85.